The van der Waals surface area contributed by atoms with E-state index in [1.54, 1.807) is 25.3 Å². The highest BCUT2D eigenvalue weighted by Crippen LogP contribution is 2.27. The first-order chi connectivity index (χ1) is 13.1. The zero-order valence-corrected chi connectivity index (χ0v) is 16.3. The van der Waals surface area contributed by atoms with Crippen molar-refractivity contribution in [2.45, 2.75) is 19.4 Å². The summed E-state index contributed by atoms with van der Waals surface area (Å²) in [5.74, 6) is 1.09. The van der Waals surface area contributed by atoms with Crippen molar-refractivity contribution in [3.63, 3.8) is 0 Å². The molecule has 0 bridgehead atoms. The first-order valence-corrected chi connectivity index (χ1v) is 9.66. The van der Waals surface area contributed by atoms with Crippen molar-refractivity contribution in [3.8, 4) is 5.75 Å². The van der Waals surface area contributed by atoms with Crippen molar-refractivity contribution in [3.05, 3.63) is 59.1 Å². The molecule has 2 aromatic rings. The Labute approximate surface area is 165 Å². The number of rotatable bonds is 6. The van der Waals surface area contributed by atoms with Gasteiger partial charge in [0.2, 0.25) is 0 Å². The Morgan fingerprint density at radius 3 is 2.63 bits per heavy atom. The molecule has 2 N–H and O–H groups in total. The third kappa shape index (κ3) is 5.88. The molecule has 1 fully saturated rings. The van der Waals surface area contributed by atoms with Crippen LogP contribution in [0.25, 0.3) is 0 Å². The van der Waals surface area contributed by atoms with Gasteiger partial charge in [-0.2, -0.15) is 0 Å². The number of benzene rings is 2. The summed E-state index contributed by atoms with van der Waals surface area (Å²) >= 11 is 6.00. The van der Waals surface area contributed by atoms with Gasteiger partial charge in [0, 0.05) is 18.1 Å². The van der Waals surface area contributed by atoms with E-state index in [4.69, 9.17) is 16.3 Å². The van der Waals surface area contributed by atoms with Crippen molar-refractivity contribution >= 4 is 23.3 Å². The Kier molecular flexibility index (Phi) is 6.96. The molecular formula is C21H26ClN3O2. The maximum Gasteiger partial charge on any atom is 0.319 e. The summed E-state index contributed by atoms with van der Waals surface area (Å²) < 4.78 is 5.25. The van der Waals surface area contributed by atoms with Crippen molar-refractivity contribution in [2.75, 3.05) is 32.1 Å². The first kappa shape index (κ1) is 19.5. The summed E-state index contributed by atoms with van der Waals surface area (Å²) in [5, 5.41) is 6.34. The molecular weight excluding hydrogens is 362 g/mol. The van der Waals surface area contributed by atoms with E-state index >= 15 is 0 Å². The van der Waals surface area contributed by atoms with Crippen LogP contribution in [0.3, 0.4) is 0 Å². The van der Waals surface area contributed by atoms with E-state index in [-0.39, 0.29) is 6.03 Å². The number of nitrogens with one attached hydrogen (secondary N) is 2. The SMILES string of the molecule is COc1ccc(Cl)cc1NC(=O)NCC1CCN(Cc2ccccc2)CC1. The fourth-order valence-corrected chi connectivity index (χ4v) is 3.54. The quantitative estimate of drug-likeness (QED) is 0.773. The van der Waals surface area contributed by atoms with Gasteiger partial charge in [-0.05, 0) is 55.6 Å². The molecule has 0 spiro atoms. The van der Waals surface area contributed by atoms with Crippen LogP contribution < -0.4 is 15.4 Å². The van der Waals surface area contributed by atoms with Gasteiger partial charge in [0.1, 0.15) is 5.75 Å². The lowest BCUT2D eigenvalue weighted by Crippen LogP contribution is -2.39. The van der Waals surface area contributed by atoms with E-state index in [0.717, 1.165) is 32.5 Å². The topological polar surface area (TPSA) is 53.6 Å². The molecule has 0 unspecified atom stereocenters. The van der Waals surface area contributed by atoms with Crippen LogP contribution in [0.4, 0.5) is 10.5 Å². The molecule has 1 aliphatic rings. The molecule has 0 radical (unpaired) electrons. The van der Waals surface area contributed by atoms with Crippen molar-refractivity contribution in [2.24, 2.45) is 5.92 Å². The van der Waals surface area contributed by atoms with E-state index in [1.165, 1.54) is 5.56 Å². The van der Waals surface area contributed by atoms with E-state index in [1.807, 2.05) is 6.07 Å². The number of hydrogen-bond donors (Lipinski definition) is 2. The number of ether oxygens (including phenoxy) is 1. The molecule has 0 aromatic heterocycles. The fourth-order valence-electron chi connectivity index (χ4n) is 3.37. The van der Waals surface area contributed by atoms with Gasteiger partial charge in [0.05, 0.1) is 12.8 Å². The van der Waals surface area contributed by atoms with E-state index in [0.29, 0.717) is 28.9 Å². The summed E-state index contributed by atoms with van der Waals surface area (Å²) in [6.45, 7) is 3.79. The molecule has 2 amide bonds. The van der Waals surface area contributed by atoms with Crippen LogP contribution in [0.2, 0.25) is 5.02 Å². The highest BCUT2D eigenvalue weighted by atomic mass is 35.5. The third-order valence-corrected chi connectivity index (χ3v) is 5.15. The Balaban J connectivity index is 1.41. The number of nitrogens with zero attached hydrogens (tertiary/aromatic N) is 1. The summed E-state index contributed by atoms with van der Waals surface area (Å²) in [7, 11) is 1.57. The minimum absolute atomic E-state index is 0.234. The van der Waals surface area contributed by atoms with Crippen LogP contribution in [0, 0.1) is 5.92 Å². The van der Waals surface area contributed by atoms with Gasteiger partial charge >= 0.3 is 6.03 Å². The molecule has 5 nitrogen and oxygen atoms in total. The summed E-state index contributed by atoms with van der Waals surface area (Å²) in [5.41, 5.74) is 1.92. The first-order valence-electron chi connectivity index (χ1n) is 9.28. The minimum Gasteiger partial charge on any atom is -0.495 e. The zero-order valence-electron chi connectivity index (χ0n) is 15.6. The fraction of sp³-hybridized carbons (Fsp3) is 0.381. The Bertz CT molecular complexity index is 746. The standard InChI is InChI=1S/C21H26ClN3O2/c1-27-20-8-7-18(22)13-19(20)24-21(26)23-14-16-9-11-25(12-10-16)15-17-5-3-2-4-6-17/h2-8,13,16H,9-12,14-15H2,1H3,(H2,23,24,26). The van der Waals surface area contributed by atoms with E-state index in [9.17, 15) is 4.79 Å². The van der Waals surface area contributed by atoms with Gasteiger partial charge in [0.25, 0.3) is 0 Å². The lowest BCUT2D eigenvalue weighted by Gasteiger charge is -2.32. The number of methoxy groups -OCH3 is 1. The number of halogens is 1. The molecule has 0 aliphatic carbocycles. The monoisotopic (exact) mass is 387 g/mol. The number of anilines is 1. The van der Waals surface area contributed by atoms with Crippen molar-refractivity contribution in [1.82, 2.24) is 10.2 Å². The highest BCUT2D eigenvalue weighted by Gasteiger charge is 2.20. The number of amides is 2. The second-order valence-electron chi connectivity index (χ2n) is 6.88. The molecule has 2 aromatic carbocycles. The second-order valence-corrected chi connectivity index (χ2v) is 7.32. The summed E-state index contributed by atoms with van der Waals surface area (Å²) in [6, 6.07) is 15.5. The third-order valence-electron chi connectivity index (χ3n) is 4.92. The molecule has 6 heteroatoms. The van der Waals surface area contributed by atoms with Gasteiger partial charge in [-0.3, -0.25) is 4.90 Å². The van der Waals surface area contributed by atoms with Gasteiger partial charge in [0.15, 0.2) is 0 Å². The molecule has 27 heavy (non-hydrogen) atoms. The molecule has 1 aliphatic heterocycles. The average molecular weight is 388 g/mol. The van der Waals surface area contributed by atoms with E-state index in [2.05, 4.69) is 39.8 Å². The average Bonchev–Trinajstić information content (AvgIpc) is 2.68. The Morgan fingerprint density at radius 2 is 1.93 bits per heavy atom. The van der Waals surface area contributed by atoms with Gasteiger partial charge < -0.3 is 15.4 Å². The van der Waals surface area contributed by atoms with E-state index < -0.39 is 0 Å². The maximum absolute atomic E-state index is 12.2. The van der Waals surface area contributed by atoms with Crippen LogP contribution in [-0.4, -0.2) is 37.7 Å². The molecule has 3 rings (SSSR count). The van der Waals surface area contributed by atoms with Crippen LogP contribution >= 0.6 is 11.6 Å². The smallest absolute Gasteiger partial charge is 0.319 e. The van der Waals surface area contributed by atoms with Gasteiger partial charge in [-0.25, -0.2) is 4.79 Å². The number of likely N-dealkylation sites (tertiary alicyclic amines) is 1. The minimum atomic E-state index is -0.234. The summed E-state index contributed by atoms with van der Waals surface area (Å²) in [6.07, 6.45) is 2.18. The molecule has 0 atom stereocenters. The number of piperidine rings is 1. The predicted octanol–water partition coefficient (Wildman–Crippen LogP) is 4.38. The lowest BCUT2D eigenvalue weighted by molar-refractivity contribution is 0.175. The van der Waals surface area contributed by atoms with Gasteiger partial charge in [-0.1, -0.05) is 41.9 Å². The van der Waals surface area contributed by atoms with Crippen molar-refractivity contribution < 1.29 is 9.53 Å². The maximum atomic E-state index is 12.2. The molecule has 1 saturated heterocycles. The predicted molar refractivity (Wildman–Crippen MR) is 109 cm³/mol. The van der Waals surface area contributed by atoms with Crippen LogP contribution in [0.5, 0.6) is 5.75 Å². The number of carbonyl (C=O) groups is 1. The zero-order chi connectivity index (χ0) is 19.1. The molecule has 144 valence electrons. The van der Waals surface area contributed by atoms with Crippen LogP contribution in [-0.2, 0) is 6.54 Å². The Hall–Kier alpha value is -2.24. The van der Waals surface area contributed by atoms with Crippen molar-refractivity contribution in [1.29, 1.82) is 0 Å². The number of carbonyl (C=O) groups excluding carboxylic acids is 1. The summed E-state index contributed by atoms with van der Waals surface area (Å²) in [4.78, 5) is 14.7. The van der Waals surface area contributed by atoms with Gasteiger partial charge in [-0.15, -0.1) is 0 Å². The number of urea groups is 1. The van der Waals surface area contributed by atoms with Crippen LogP contribution in [0.1, 0.15) is 18.4 Å². The molecule has 1 heterocycles. The lowest BCUT2D eigenvalue weighted by atomic mass is 9.96. The molecule has 0 saturated carbocycles. The number of hydrogen-bond acceptors (Lipinski definition) is 3. The highest BCUT2D eigenvalue weighted by molar-refractivity contribution is 6.31. The van der Waals surface area contributed by atoms with Crippen LogP contribution in [0.15, 0.2) is 48.5 Å². The normalized spacial score (nSPS) is 15.3. The second kappa shape index (κ2) is 9.62. The largest absolute Gasteiger partial charge is 0.495 e. The Morgan fingerprint density at radius 1 is 1.19 bits per heavy atom.